The van der Waals surface area contributed by atoms with Gasteiger partial charge in [0.15, 0.2) is 5.78 Å². The van der Waals surface area contributed by atoms with Gasteiger partial charge in [-0.15, -0.1) is 0 Å². The number of ketones is 1. The molecule has 1 aliphatic carbocycles. The van der Waals surface area contributed by atoms with Gasteiger partial charge in [0.05, 0.1) is 11.3 Å². The van der Waals surface area contributed by atoms with Crippen LogP contribution in [0.5, 0.6) is 0 Å². The zero-order chi connectivity index (χ0) is 15.0. The quantitative estimate of drug-likeness (QED) is 0.895. The van der Waals surface area contributed by atoms with Crippen LogP contribution >= 0.6 is 0 Å². The van der Waals surface area contributed by atoms with Crippen LogP contribution in [0.1, 0.15) is 24.3 Å². The molecule has 4 nitrogen and oxygen atoms in total. The Hall–Kier alpha value is -2.43. The van der Waals surface area contributed by atoms with Gasteiger partial charge in [-0.05, 0) is 12.0 Å². The molecule has 5 heteroatoms. The maximum absolute atomic E-state index is 13.2. The van der Waals surface area contributed by atoms with Gasteiger partial charge in [-0.3, -0.25) is 4.79 Å². The lowest BCUT2D eigenvalue weighted by Crippen LogP contribution is -2.30. The number of allylic oxidation sites excluding steroid dienone is 3. The summed E-state index contributed by atoms with van der Waals surface area (Å²) in [5.41, 5.74) is 1.80. The third-order valence-electron chi connectivity index (χ3n) is 3.93. The molecule has 0 fully saturated rings. The minimum atomic E-state index is -1.20. The minimum absolute atomic E-state index is 0.0461. The topological polar surface area (TPSA) is 66.4 Å². The Bertz CT molecular complexity index is 676. The zero-order valence-corrected chi connectivity index (χ0v) is 11.2. The normalized spacial score (nSPS) is 21.4. The van der Waals surface area contributed by atoms with E-state index in [1.165, 1.54) is 0 Å². The molecule has 0 saturated carbocycles. The second-order valence-corrected chi connectivity index (χ2v) is 5.12. The van der Waals surface area contributed by atoms with E-state index in [0.717, 1.165) is 0 Å². The molecular weight excluding hydrogens is 273 g/mol. The second kappa shape index (κ2) is 5.16. The highest BCUT2D eigenvalue weighted by atomic mass is 19.1. The lowest BCUT2D eigenvalue weighted by Gasteiger charge is -2.28. The van der Waals surface area contributed by atoms with Crippen LogP contribution in [0.2, 0.25) is 0 Å². The Balaban J connectivity index is 2.20. The Morgan fingerprint density at radius 3 is 2.62 bits per heavy atom. The fraction of sp³-hybridized carbons (Fsp3) is 0.250. The molecule has 2 N–H and O–H groups in total. The molecular formula is C16H14FNO3. The monoisotopic (exact) mass is 287 g/mol. The number of carboxylic acids is 1. The highest BCUT2D eigenvalue weighted by Gasteiger charge is 2.40. The molecule has 0 bridgehead atoms. The van der Waals surface area contributed by atoms with E-state index in [1.54, 1.807) is 24.3 Å². The van der Waals surface area contributed by atoms with E-state index in [4.69, 9.17) is 0 Å². The van der Waals surface area contributed by atoms with E-state index in [1.807, 2.05) is 6.07 Å². The number of nitrogens with one attached hydrogen (secondary N) is 1. The minimum Gasteiger partial charge on any atom is -0.478 e. The van der Waals surface area contributed by atoms with Gasteiger partial charge in [0.25, 0.3) is 0 Å². The van der Waals surface area contributed by atoms with Crippen LogP contribution < -0.4 is 5.32 Å². The number of hydrogen-bond acceptors (Lipinski definition) is 3. The molecule has 0 amide bonds. The Labute approximate surface area is 121 Å². The zero-order valence-electron chi connectivity index (χ0n) is 11.2. The van der Waals surface area contributed by atoms with Crippen LogP contribution in [0, 0.1) is 0 Å². The first-order valence-corrected chi connectivity index (χ1v) is 6.74. The van der Waals surface area contributed by atoms with Crippen LogP contribution in [0.4, 0.5) is 4.39 Å². The van der Waals surface area contributed by atoms with E-state index in [0.29, 0.717) is 29.7 Å². The fourth-order valence-corrected chi connectivity index (χ4v) is 3.05. The average Bonchev–Trinajstić information content (AvgIpc) is 2.87. The number of alkyl halides is 1. The summed E-state index contributed by atoms with van der Waals surface area (Å²) < 4.78 is 13.2. The van der Waals surface area contributed by atoms with Crippen LogP contribution in [0.3, 0.4) is 0 Å². The van der Waals surface area contributed by atoms with Crippen molar-refractivity contribution < 1.29 is 19.1 Å². The number of benzene rings is 1. The van der Waals surface area contributed by atoms with Crippen LogP contribution in [-0.2, 0) is 9.59 Å². The molecule has 1 aromatic rings. The lowest BCUT2D eigenvalue weighted by atomic mass is 9.80. The van der Waals surface area contributed by atoms with Gasteiger partial charge < -0.3 is 10.4 Å². The van der Waals surface area contributed by atoms with Crippen LogP contribution in [0.15, 0.2) is 52.9 Å². The van der Waals surface area contributed by atoms with Gasteiger partial charge >= 0.3 is 5.97 Å². The average molecular weight is 287 g/mol. The van der Waals surface area contributed by atoms with Crippen molar-refractivity contribution in [2.75, 3.05) is 6.67 Å². The van der Waals surface area contributed by atoms with E-state index in [9.17, 15) is 19.1 Å². The van der Waals surface area contributed by atoms with Crippen molar-refractivity contribution in [1.29, 1.82) is 0 Å². The highest BCUT2D eigenvalue weighted by Crippen LogP contribution is 2.42. The Morgan fingerprint density at radius 1 is 1.29 bits per heavy atom. The molecule has 21 heavy (non-hydrogen) atoms. The predicted molar refractivity (Wildman–Crippen MR) is 74.2 cm³/mol. The summed E-state index contributed by atoms with van der Waals surface area (Å²) in [5, 5.41) is 12.3. The number of carbonyl (C=O) groups excluding carboxylic acids is 1. The van der Waals surface area contributed by atoms with E-state index >= 15 is 0 Å². The molecule has 1 aliphatic heterocycles. The molecule has 0 spiro atoms. The van der Waals surface area contributed by atoms with Gasteiger partial charge in [0, 0.05) is 23.6 Å². The summed E-state index contributed by atoms with van der Waals surface area (Å²) in [4.78, 5) is 23.8. The summed E-state index contributed by atoms with van der Waals surface area (Å²) in [6.45, 7) is -0.893. The van der Waals surface area contributed by atoms with E-state index < -0.39 is 18.6 Å². The van der Waals surface area contributed by atoms with Gasteiger partial charge in [0.1, 0.15) is 6.67 Å². The maximum Gasteiger partial charge on any atom is 0.334 e. The second-order valence-electron chi connectivity index (χ2n) is 5.12. The Morgan fingerprint density at radius 2 is 2.00 bits per heavy atom. The molecule has 0 radical (unpaired) electrons. The number of rotatable bonds is 3. The number of carboxylic acid groups (broad SMARTS) is 1. The molecule has 1 aromatic carbocycles. The molecule has 0 aromatic heterocycles. The molecule has 3 rings (SSSR count). The van der Waals surface area contributed by atoms with Crippen molar-refractivity contribution in [1.82, 2.24) is 5.32 Å². The number of Topliss-reactive ketones (excluding diaryl/α,β-unsaturated/α-hetero) is 1. The fourth-order valence-electron chi connectivity index (χ4n) is 3.05. The molecule has 1 unspecified atom stereocenters. The van der Waals surface area contributed by atoms with Gasteiger partial charge in [-0.1, -0.05) is 30.3 Å². The largest absolute Gasteiger partial charge is 0.478 e. The first-order valence-electron chi connectivity index (χ1n) is 6.74. The number of aliphatic carboxylic acids is 1. The smallest absolute Gasteiger partial charge is 0.334 e. The summed E-state index contributed by atoms with van der Waals surface area (Å²) in [6, 6.07) is 8.92. The van der Waals surface area contributed by atoms with Crippen molar-refractivity contribution in [3.63, 3.8) is 0 Å². The predicted octanol–water partition coefficient (Wildman–Crippen LogP) is 2.30. The summed E-state index contributed by atoms with van der Waals surface area (Å²) in [7, 11) is 0. The number of carbonyl (C=O) groups is 2. The third-order valence-corrected chi connectivity index (χ3v) is 3.93. The molecule has 1 heterocycles. The van der Waals surface area contributed by atoms with Gasteiger partial charge in [-0.25, -0.2) is 9.18 Å². The first kappa shape index (κ1) is 13.5. The first-order chi connectivity index (χ1) is 10.1. The molecule has 108 valence electrons. The van der Waals surface area contributed by atoms with Gasteiger partial charge in [0.2, 0.25) is 0 Å². The van der Waals surface area contributed by atoms with Gasteiger partial charge in [-0.2, -0.15) is 0 Å². The highest BCUT2D eigenvalue weighted by molar-refractivity contribution is 6.04. The number of hydrogen-bond donors (Lipinski definition) is 2. The molecule has 2 aliphatic rings. The van der Waals surface area contributed by atoms with Crippen LogP contribution in [-0.4, -0.2) is 23.5 Å². The summed E-state index contributed by atoms with van der Waals surface area (Å²) >= 11 is 0. The van der Waals surface area contributed by atoms with Crippen molar-refractivity contribution in [3.8, 4) is 0 Å². The van der Waals surface area contributed by atoms with E-state index in [-0.39, 0.29) is 17.1 Å². The summed E-state index contributed by atoms with van der Waals surface area (Å²) in [6.07, 6.45) is 0.849. The van der Waals surface area contributed by atoms with Crippen molar-refractivity contribution >= 4 is 11.8 Å². The molecule has 0 saturated heterocycles. The van der Waals surface area contributed by atoms with Crippen LogP contribution in [0.25, 0.3) is 0 Å². The van der Waals surface area contributed by atoms with Crippen molar-refractivity contribution in [3.05, 3.63) is 58.4 Å². The van der Waals surface area contributed by atoms with Crippen molar-refractivity contribution in [2.45, 2.75) is 18.8 Å². The Kier molecular flexibility index (Phi) is 3.33. The number of dihydropyridines is 1. The standard InChI is InChI=1S/C16H14FNO3/c17-8-11-15(16(20)21)13(9-4-2-1-3-5-9)14-10(18-11)6-7-12(14)19/h1-5,13,18H,6-8H2,(H,20,21). The molecule has 1 atom stereocenters. The van der Waals surface area contributed by atoms with E-state index in [2.05, 4.69) is 5.32 Å². The lowest BCUT2D eigenvalue weighted by molar-refractivity contribution is -0.133. The summed E-state index contributed by atoms with van der Waals surface area (Å²) in [5.74, 6) is -1.96. The SMILES string of the molecule is O=C(O)C1=C(CF)NC2=C(C(=O)CC2)C1c1ccccc1. The maximum atomic E-state index is 13.2. The van der Waals surface area contributed by atoms with Crippen molar-refractivity contribution in [2.24, 2.45) is 0 Å². The third kappa shape index (κ3) is 2.14. The number of halogens is 1.